The number of hydrogen-bond donors (Lipinski definition) is 2. The number of H-pyrrole nitrogens is 1. The van der Waals surface area contributed by atoms with Gasteiger partial charge in [-0.1, -0.05) is 72.8 Å². The van der Waals surface area contributed by atoms with E-state index in [0.717, 1.165) is 27.2 Å². The predicted octanol–water partition coefficient (Wildman–Crippen LogP) is 5.95. The molecule has 0 saturated carbocycles. The Morgan fingerprint density at radius 2 is 1.50 bits per heavy atom. The van der Waals surface area contributed by atoms with Gasteiger partial charge in [-0.3, -0.25) is 14.5 Å². The van der Waals surface area contributed by atoms with Gasteiger partial charge in [-0.15, -0.1) is 0 Å². The largest absolute Gasteiger partial charge is 0.507 e. The second kappa shape index (κ2) is 7.74. The first-order valence-corrected chi connectivity index (χ1v) is 11.0. The van der Waals surface area contributed by atoms with Crippen molar-refractivity contribution in [2.75, 3.05) is 4.90 Å². The molecular weight excluding hydrogens is 424 g/mol. The number of carbonyl (C=O) groups is 2. The Bertz CT molecular complexity index is 1610. The quantitative estimate of drug-likeness (QED) is 0.205. The van der Waals surface area contributed by atoms with Gasteiger partial charge < -0.3 is 10.1 Å². The fourth-order valence-corrected chi connectivity index (χ4v) is 4.79. The number of rotatable bonds is 3. The minimum Gasteiger partial charge on any atom is -0.507 e. The number of aromatic nitrogens is 1. The summed E-state index contributed by atoms with van der Waals surface area (Å²) in [6.07, 6.45) is 1.81. The van der Waals surface area contributed by atoms with Crippen LogP contribution in [0.25, 0.3) is 27.4 Å². The van der Waals surface area contributed by atoms with Gasteiger partial charge in [0, 0.05) is 33.9 Å². The molecule has 0 bridgehead atoms. The molecule has 5 aromatic rings. The van der Waals surface area contributed by atoms with Crippen molar-refractivity contribution in [1.82, 2.24) is 4.98 Å². The molecule has 2 N–H and O–H groups in total. The Morgan fingerprint density at radius 1 is 0.794 bits per heavy atom. The third kappa shape index (κ3) is 3.02. The highest BCUT2D eigenvalue weighted by Crippen LogP contribution is 2.44. The monoisotopic (exact) mass is 444 g/mol. The minimum absolute atomic E-state index is 0.0777. The molecule has 1 saturated heterocycles. The number of nitrogens with zero attached hydrogens (tertiary/aromatic N) is 1. The number of Topliss-reactive ketones (excluding diaryl/α,β-unsaturated/α-hetero) is 1. The van der Waals surface area contributed by atoms with Gasteiger partial charge in [0.25, 0.3) is 11.7 Å². The summed E-state index contributed by atoms with van der Waals surface area (Å²) < 4.78 is 0. The average Bonchev–Trinajstić information content (AvgIpc) is 3.42. The zero-order valence-corrected chi connectivity index (χ0v) is 18.1. The van der Waals surface area contributed by atoms with Gasteiger partial charge in [0.15, 0.2) is 0 Å². The van der Waals surface area contributed by atoms with Crippen LogP contribution in [0.15, 0.2) is 109 Å². The van der Waals surface area contributed by atoms with Crippen molar-refractivity contribution in [3.63, 3.8) is 0 Å². The number of benzene rings is 4. The fourth-order valence-electron chi connectivity index (χ4n) is 4.79. The molecule has 1 aliphatic rings. The van der Waals surface area contributed by atoms with Gasteiger partial charge in [0.2, 0.25) is 0 Å². The van der Waals surface area contributed by atoms with E-state index in [9.17, 15) is 14.7 Å². The number of aliphatic hydroxyl groups is 1. The topological polar surface area (TPSA) is 73.4 Å². The number of hydrogen-bond acceptors (Lipinski definition) is 3. The number of aliphatic hydroxyl groups excluding tert-OH is 1. The average molecular weight is 444 g/mol. The first-order chi connectivity index (χ1) is 16.6. The van der Waals surface area contributed by atoms with Crippen LogP contribution in [0.2, 0.25) is 0 Å². The number of aromatic amines is 1. The molecule has 5 nitrogen and oxygen atoms in total. The number of amides is 1. The number of fused-ring (bicyclic) bond motifs is 2. The summed E-state index contributed by atoms with van der Waals surface area (Å²) in [4.78, 5) is 31.4. The van der Waals surface area contributed by atoms with Gasteiger partial charge >= 0.3 is 0 Å². The van der Waals surface area contributed by atoms with Gasteiger partial charge in [-0.25, -0.2) is 0 Å². The first-order valence-electron chi connectivity index (χ1n) is 11.0. The normalized spacial score (nSPS) is 17.6. The van der Waals surface area contributed by atoms with Crippen LogP contribution in [-0.4, -0.2) is 21.8 Å². The van der Waals surface area contributed by atoms with Crippen molar-refractivity contribution < 1.29 is 14.7 Å². The first kappa shape index (κ1) is 20.0. The molecule has 1 unspecified atom stereocenters. The van der Waals surface area contributed by atoms with Crippen LogP contribution < -0.4 is 4.90 Å². The van der Waals surface area contributed by atoms with E-state index in [0.29, 0.717) is 11.3 Å². The highest BCUT2D eigenvalue weighted by Gasteiger charge is 2.47. The molecule has 2 heterocycles. The summed E-state index contributed by atoms with van der Waals surface area (Å²) in [5, 5.41) is 14.3. The Balaban J connectivity index is 1.61. The predicted molar refractivity (Wildman–Crippen MR) is 133 cm³/mol. The van der Waals surface area contributed by atoms with E-state index in [-0.39, 0.29) is 11.3 Å². The standard InChI is InChI=1S/C29H20N2O3/c32-27(20-15-14-18-8-4-5-9-19(18)16-20)25-26(23-17-30-24-13-7-6-12-22(23)24)31(29(34)28(25)33)21-10-2-1-3-11-21/h1-17,26,30,32H/b27-25+. The SMILES string of the molecule is O=C1C(=O)N(c2ccccc2)C(c2c[nH]c3ccccc23)/C1=C(\O)c1ccc2ccccc2c1. The fraction of sp³-hybridized carbons (Fsp3) is 0.0345. The van der Waals surface area contributed by atoms with Gasteiger partial charge in [-0.2, -0.15) is 0 Å². The van der Waals surface area contributed by atoms with Gasteiger partial charge in [0.05, 0.1) is 11.6 Å². The van der Waals surface area contributed by atoms with Crippen LogP contribution in [0.4, 0.5) is 5.69 Å². The van der Waals surface area contributed by atoms with E-state index in [4.69, 9.17) is 0 Å². The highest BCUT2D eigenvalue weighted by molar-refractivity contribution is 6.52. The molecular formula is C29H20N2O3. The lowest BCUT2D eigenvalue weighted by Gasteiger charge is -2.25. The second-order valence-corrected chi connectivity index (χ2v) is 8.36. The van der Waals surface area contributed by atoms with Crippen molar-refractivity contribution in [3.8, 4) is 0 Å². The molecule has 1 aliphatic heterocycles. The molecule has 34 heavy (non-hydrogen) atoms. The lowest BCUT2D eigenvalue weighted by Crippen LogP contribution is -2.29. The molecule has 5 heteroatoms. The number of anilines is 1. The van der Waals surface area contributed by atoms with Crippen LogP contribution in [0.5, 0.6) is 0 Å². The molecule has 1 atom stereocenters. The van der Waals surface area contributed by atoms with Crippen LogP contribution >= 0.6 is 0 Å². The number of carbonyl (C=O) groups excluding carboxylic acids is 2. The Hall–Kier alpha value is -4.64. The molecule has 0 radical (unpaired) electrons. The van der Waals surface area contributed by atoms with E-state index in [2.05, 4.69) is 4.98 Å². The molecule has 1 fully saturated rings. The van der Waals surface area contributed by atoms with Crippen molar-refractivity contribution in [2.45, 2.75) is 6.04 Å². The Kier molecular flexibility index (Phi) is 4.56. The zero-order valence-electron chi connectivity index (χ0n) is 18.1. The minimum atomic E-state index is -0.773. The molecule has 0 aliphatic carbocycles. The molecule has 164 valence electrons. The van der Waals surface area contributed by atoms with Gasteiger partial charge in [0.1, 0.15) is 5.76 Å². The van der Waals surface area contributed by atoms with Crippen LogP contribution in [0.1, 0.15) is 17.2 Å². The Labute approximate surface area is 195 Å². The van der Waals surface area contributed by atoms with Crippen molar-refractivity contribution in [2.24, 2.45) is 0 Å². The summed E-state index contributed by atoms with van der Waals surface area (Å²) in [5.41, 5.74) is 2.81. The maximum Gasteiger partial charge on any atom is 0.300 e. The number of nitrogens with one attached hydrogen (secondary N) is 1. The van der Waals surface area contributed by atoms with Crippen molar-refractivity contribution in [3.05, 3.63) is 120 Å². The highest BCUT2D eigenvalue weighted by atomic mass is 16.3. The maximum absolute atomic E-state index is 13.4. The zero-order chi connectivity index (χ0) is 23.2. The van der Waals surface area contributed by atoms with Gasteiger partial charge in [-0.05, 0) is 35.0 Å². The summed E-state index contributed by atoms with van der Waals surface area (Å²) in [5.74, 6) is -1.55. The van der Waals surface area contributed by atoms with E-state index in [1.807, 2.05) is 85.1 Å². The molecule has 0 spiro atoms. The molecule has 1 amide bonds. The van der Waals surface area contributed by atoms with Crippen molar-refractivity contribution >= 4 is 44.8 Å². The van der Waals surface area contributed by atoms with E-state index in [1.165, 1.54) is 4.90 Å². The molecule has 4 aromatic carbocycles. The smallest absolute Gasteiger partial charge is 0.300 e. The summed E-state index contributed by atoms with van der Waals surface area (Å²) in [6.45, 7) is 0. The maximum atomic E-state index is 13.4. The number of para-hydroxylation sites is 2. The summed E-state index contributed by atoms with van der Waals surface area (Å²) in [7, 11) is 0. The molecule has 6 rings (SSSR count). The lowest BCUT2D eigenvalue weighted by atomic mass is 9.94. The summed E-state index contributed by atoms with van der Waals surface area (Å²) >= 11 is 0. The second-order valence-electron chi connectivity index (χ2n) is 8.36. The Morgan fingerprint density at radius 3 is 2.32 bits per heavy atom. The third-order valence-electron chi connectivity index (χ3n) is 6.42. The van der Waals surface area contributed by atoms with Crippen molar-refractivity contribution in [1.29, 1.82) is 0 Å². The van der Waals surface area contributed by atoms with E-state index >= 15 is 0 Å². The van der Waals surface area contributed by atoms with Crippen LogP contribution in [0, 0.1) is 0 Å². The number of ketones is 1. The third-order valence-corrected chi connectivity index (χ3v) is 6.42. The van der Waals surface area contributed by atoms with Crippen LogP contribution in [0.3, 0.4) is 0 Å². The van der Waals surface area contributed by atoms with E-state index in [1.54, 1.807) is 18.2 Å². The molecule has 1 aromatic heterocycles. The summed E-state index contributed by atoms with van der Waals surface area (Å²) in [6, 6.07) is 29.4. The lowest BCUT2D eigenvalue weighted by molar-refractivity contribution is -0.132. The van der Waals surface area contributed by atoms with Crippen LogP contribution in [-0.2, 0) is 9.59 Å². The van der Waals surface area contributed by atoms with E-state index < -0.39 is 17.7 Å².